The number of amides is 2. The predicted molar refractivity (Wildman–Crippen MR) is 99.3 cm³/mol. The van der Waals surface area contributed by atoms with E-state index in [2.05, 4.69) is 20.7 Å². The van der Waals surface area contributed by atoms with Gasteiger partial charge in [-0.1, -0.05) is 12.1 Å². The van der Waals surface area contributed by atoms with Crippen molar-refractivity contribution >= 4 is 23.5 Å². The van der Waals surface area contributed by atoms with Crippen LogP contribution in [0.15, 0.2) is 48.5 Å². The van der Waals surface area contributed by atoms with Gasteiger partial charge in [0, 0.05) is 5.56 Å². The topological polar surface area (TPSA) is 98.1 Å². The average Bonchev–Trinajstić information content (AvgIpc) is 3.22. The maximum absolute atomic E-state index is 13.7. The van der Waals surface area contributed by atoms with E-state index < -0.39 is 17.8 Å². The fourth-order valence-corrected chi connectivity index (χ4v) is 2.91. The number of methoxy groups -OCH3 is 1. The van der Waals surface area contributed by atoms with Crippen LogP contribution in [-0.2, 0) is 9.59 Å². The molecule has 2 amide bonds. The van der Waals surface area contributed by atoms with Gasteiger partial charge in [0.15, 0.2) is 5.82 Å². The lowest BCUT2D eigenvalue weighted by atomic mass is 10.2. The molecule has 1 aromatic heterocycles. The monoisotopic (exact) mass is 381 g/mol. The van der Waals surface area contributed by atoms with Gasteiger partial charge in [0.25, 0.3) is 5.91 Å². The maximum Gasteiger partial charge on any atom is 0.252 e. The highest BCUT2D eigenvalue weighted by molar-refractivity contribution is 6.01. The molecular weight excluding hydrogens is 365 g/mol. The number of hydrogen-bond donors (Lipinski definition) is 2. The molecule has 0 saturated carbocycles. The van der Waals surface area contributed by atoms with Gasteiger partial charge in [0.05, 0.1) is 19.2 Å². The maximum atomic E-state index is 13.7. The lowest BCUT2D eigenvalue weighted by Crippen LogP contribution is -2.24. The second-order valence-electron chi connectivity index (χ2n) is 6.17. The summed E-state index contributed by atoms with van der Waals surface area (Å²) in [5, 5.41) is 9.44. The number of rotatable bonds is 5. The van der Waals surface area contributed by atoms with Crippen molar-refractivity contribution in [2.24, 2.45) is 0 Å². The molecule has 142 valence electrons. The molecule has 0 aliphatic carbocycles. The number of aromatic nitrogens is 3. The Bertz CT molecular complexity index is 1050. The molecule has 0 bridgehead atoms. The number of fused-ring (bicyclic) bond motifs is 1. The van der Waals surface area contributed by atoms with Gasteiger partial charge in [-0.05, 0) is 36.4 Å². The molecule has 0 unspecified atom stereocenters. The number of carbonyl (C=O) groups excluding carboxylic acids is 2. The molecule has 4 rings (SSSR count). The minimum absolute atomic E-state index is 0.0589. The molecule has 3 aromatic rings. The van der Waals surface area contributed by atoms with Crippen LogP contribution in [0.4, 0.5) is 16.0 Å². The van der Waals surface area contributed by atoms with E-state index in [1.54, 1.807) is 37.4 Å². The van der Waals surface area contributed by atoms with Gasteiger partial charge < -0.3 is 10.1 Å². The van der Waals surface area contributed by atoms with Gasteiger partial charge in [0.1, 0.15) is 17.6 Å². The molecule has 0 fully saturated rings. The number of carbonyl (C=O) groups is 2. The van der Waals surface area contributed by atoms with Crippen LogP contribution in [0.1, 0.15) is 12.5 Å². The van der Waals surface area contributed by atoms with Crippen molar-refractivity contribution in [3.8, 4) is 17.1 Å². The smallest absolute Gasteiger partial charge is 0.252 e. The molecule has 1 atom stereocenters. The van der Waals surface area contributed by atoms with Crippen LogP contribution in [0.25, 0.3) is 11.4 Å². The summed E-state index contributed by atoms with van der Waals surface area (Å²) in [6, 6.07) is 12.1. The number of ether oxygens (including phenoxy) is 1. The van der Waals surface area contributed by atoms with Crippen molar-refractivity contribution in [1.82, 2.24) is 14.8 Å². The summed E-state index contributed by atoms with van der Waals surface area (Å²) < 4.78 is 20.2. The van der Waals surface area contributed by atoms with E-state index in [0.717, 1.165) is 5.56 Å². The Balaban J connectivity index is 1.52. The highest BCUT2D eigenvalue weighted by atomic mass is 19.1. The summed E-state index contributed by atoms with van der Waals surface area (Å²) in [7, 11) is 1.57. The Kier molecular flexibility index (Phi) is 4.48. The molecule has 8 nitrogen and oxygen atoms in total. The number of hydrogen-bond acceptors (Lipinski definition) is 5. The second-order valence-corrected chi connectivity index (χ2v) is 6.17. The van der Waals surface area contributed by atoms with Crippen LogP contribution in [0.3, 0.4) is 0 Å². The van der Waals surface area contributed by atoms with Crippen molar-refractivity contribution in [2.75, 3.05) is 17.7 Å². The first kappa shape index (κ1) is 17.7. The zero-order valence-corrected chi connectivity index (χ0v) is 14.8. The van der Waals surface area contributed by atoms with Gasteiger partial charge in [-0.25, -0.2) is 9.07 Å². The Hall–Kier alpha value is -3.75. The van der Waals surface area contributed by atoms with Crippen molar-refractivity contribution in [1.29, 1.82) is 0 Å². The Morgan fingerprint density at radius 2 is 2.00 bits per heavy atom. The summed E-state index contributed by atoms with van der Waals surface area (Å²) in [4.78, 5) is 28.8. The van der Waals surface area contributed by atoms with Crippen molar-refractivity contribution in [3.05, 3.63) is 54.3 Å². The lowest BCUT2D eigenvalue weighted by Gasteiger charge is -2.10. The number of para-hydroxylation sites is 1. The third-order valence-corrected chi connectivity index (χ3v) is 4.34. The predicted octanol–water partition coefficient (Wildman–Crippen LogP) is 2.61. The van der Waals surface area contributed by atoms with E-state index in [1.807, 2.05) is 0 Å². The number of anilines is 2. The fourth-order valence-electron chi connectivity index (χ4n) is 2.91. The number of nitrogens with one attached hydrogen (secondary N) is 2. The molecule has 2 heterocycles. The van der Waals surface area contributed by atoms with Crippen LogP contribution in [-0.4, -0.2) is 33.7 Å². The third kappa shape index (κ3) is 3.29. The van der Waals surface area contributed by atoms with Crippen LogP contribution in [0.5, 0.6) is 5.75 Å². The standard InChI is InChI=1S/C19H16FN5O3/c1-28-12-8-6-11(7-9-12)17-22-19-23-18(27)15(25(19)24-17)10-16(26)21-14-5-3-2-4-13(14)20/h2-9,15H,10H2,1H3,(H,21,26)(H,22,23,24,27)/t15-/m0/s1. The quantitative estimate of drug-likeness (QED) is 0.708. The highest BCUT2D eigenvalue weighted by Crippen LogP contribution is 2.29. The van der Waals surface area contributed by atoms with E-state index >= 15 is 0 Å². The van der Waals surface area contributed by atoms with E-state index in [-0.39, 0.29) is 24.0 Å². The molecule has 1 aliphatic rings. The van der Waals surface area contributed by atoms with E-state index in [4.69, 9.17) is 4.74 Å². The number of halogens is 1. The van der Waals surface area contributed by atoms with Crippen LogP contribution in [0, 0.1) is 5.82 Å². The third-order valence-electron chi connectivity index (χ3n) is 4.34. The molecule has 2 N–H and O–H groups in total. The summed E-state index contributed by atoms with van der Waals surface area (Å²) in [6.07, 6.45) is -0.196. The largest absolute Gasteiger partial charge is 0.497 e. The Morgan fingerprint density at radius 3 is 2.71 bits per heavy atom. The minimum Gasteiger partial charge on any atom is -0.497 e. The average molecular weight is 381 g/mol. The minimum atomic E-state index is -0.860. The van der Waals surface area contributed by atoms with Crippen LogP contribution in [0.2, 0.25) is 0 Å². The summed E-state index contributed by atoms with van der Waals surface area (Å²) in [5.41, 5.74) is 0.801. The zero-order valence-electron chi connectivity index (χ0n) is 14.8. The van der Waals surface area contributed by atoms with Crippen LogP contribution >= 0.6 is 0 Å². The van der Waals surface area contributed by atoms with Gasteiger partial charge in [0.2, 0.25) is 11.9 Å². The Labute approximate surface area is 159 Å². The molecule has 28 heavy (non-hydrogen) atoms. The summed E-state index contributed by atoms with van der Waals surface area (Å²) >= 11 is 0. The van der Waals surface area contributed by atoms with Crippen LogP contribution < -0.4 is 15.4 Å². The van der Waals surface area contributed by atoms with Gasteiger partial charge in [-0.3, -0.25) is 14.9 Å². The molecule has 9 heteroatoms. The molecular formula is C19H16FN5O3. The summed E-state index contributed by atoms with van der Waals surface area (Å²) in [5.74, 6) is -0.0577. The van der Waals surface area contributed by atoms with Gasteiger partial charge in [-0.2, -0.15) is 4.98 Å². The van der Waals surface area contributed by atoms with E-state index in [1.165, 1.54) is 22.9 Å². The van der Waals surface area contributed by atoms with Crippen molar-refractivity contribution in [3.63, 3.8) is 0 Å². The van der Waals surface area contributed by atoms with Gasteiger partial charge >= 0.3 is 0 Å². The molecule has 0 radical (unpaired) electrons. The van der Waals surface area contributed by atoms with E-state index in [0.29, 0.717) is 11.6 Å². The van der Waals surface area contributed by atoms with Gasteiger partial charge in [-0.15, -0.1) is 5.10 Å². The Morgan fingerprint density at radius 1 is 1.25 bits per heavy atom. The fraction of sp³-hybridized carbons (Fsp3) is 0.158. The lowest BCUT2D eigenvalue weighted by molar-refractivity contribution is -0.123. The highest BCUT2D eigenvalue weighted by Gasteiger charge is 2.35. The molecule has 2 aromatic carbocycles. The first-order valence-corrected chi connectivity index (χ1v) is 8.51. The molecule has 0 spiro atoms. The zero-order chi connectivity index (χ0) is 19.7. The number of nitrogens with zero attached hydrogens (tertiary/aromatic N) is 3. The van der Waals surface area contributed by atoms with Crippen molar-refractivity contribution < 1.29 is 18.7 Å². The van der Waals surface area contributed by atoms with Crippen molar-refractivity contribution in [2.45, 2.75) is 12.5 Å². The second kappa shape index (κ2) is 7.10. The van der Waals surface area contributed by atoms with E-state index in [9.17, 15) is 14.0 Å². The first-order chi connectivity index (χ1) is 13.5. The first-order valence-electron chi connectivity index (χ1n) is 8.51. The molecule has 0 saturated heterocycles. The SMILES string of the molecule is COc1ccc(-c2nc3n(n2)[C@@H](CC(=O)Nc2ccccc2F)C(=O)N3)cc1. The number of benzene rings is 2. The molecule has 1 aliphatic heterocycles. The normalized spacial score (nSPS) is 15.1. The summed E-state index contributed by atoms with van der Waals surface area (Å²) in [6.45, 7) is 0.